The first-order chi connectivity index (χ1) is 15.3. The van der Waals surface area contributed by atoms with Gasteiger partial charge in [0.2, 0.25) is 5.56 Å². The number of phenols is 1. The zero-order valence-corrected chi connectivity index (χ0v) is 20.4. The third-order valence-electron chi connectivity index (χ3n) is 6.35. The van der Waals surface area contributed by atoms with Crippen LogP contribution in [0.2, 0.25) is 0 Å². The Morgan fingerprint density at radius 3 is 2.59 bits per heavy atom. The number of benzene rings is 1. The number of nitrogens with one attached hydrogen (secondary N) is 2. The molecule has 0 saturated heterocycles. The van der Waals surface area contributed by atoms with E-state index in [0.29, 0.717) is 17.5 Å². The number of rotatable bonds is 12. The quantitative estimate of drug-likeness (QED) is 0.260. The van der Waals surface area contributed by atoms with Gasteiger partial charge in [-0.3, -0.25) is 4.79 Å². The van der Waals surface area contributed by atoms with Gasteiger partial charge in [0.1, 0.15) is 5.75 Å². The summed E-state index contributed by atoms with van der Waals surface area (Å²) in [7, 11) is 0. The van der Waals surface area contributed by atoms with Gasteiger partial charge in [-0.05, 0) is 62.1 Å². The van der Waals surface area contributed by atoms with Crippen LogP contribution in [0.25, 0.3) is 10.9 Å². The Bertz CT molecular complexity index is 1020. The number of phenolic OH excluding ortho intramolecular Hbond substituents is 1. The fraction of sp³-hybridized carbons (Fsp3) is 0.464. The molecule has 4 heteroatoms. The summed E-state index contributed by atoms with van der Waals surface area (Å²) in [5.74, 6) is 0.808. The van der Waals surface area contributed by atoms with Crippen molar-refractivity contribution in [3.63, 3.8) is 0 Å². The van der Waals surface area contributed by atoms with Crippen LogP contribution >= 0.6 is 0 Å². The first-order valence-corrected chi connectivity index (χ1v) is 11.9. The van der Waals surface area contributed by atoms with E-state index in [1.165, 1.54) is 17.2 Å². The summed E-state index contributed by atoms with van der Waals surface area (Å²) in [6.45, 7) is 16.0. The van der Waals surface area contributed by atoms with Gasteiger partial charge in [-0.1, -0.05) is 69.7 Å². The van der Waals surface area contributed by atoms with E-state index in [4.69, 9.17) is 0 Å². The average Bonchev–Trinajstić information content (AvgIpc) is 2.79. The maximum absolute atomic E-state index is 11.7. The van der Waals surface area contributed by atoms with Gasteiger partial charge < -0.3 is 15.4 Å². The van der Waals surface area contributed by atoms with Crippen molar-refractivity contribution < 1.29 is 5.11 Å². The molecule has 4 nitrogen and oxygen atoms in total. The molecule has 2 unspecified atom stereocenters. The molecule has 0 saturated carbocycles. The minimum absolute atomic E-state index is 0.106. The molecule has 1 aromatic heterocycles. The second kappa shape index (κ2) is 12.4. The summed E-state index contributed by atoms with van der Waals surface area (Å²) in [5, 5.41) is 14.7. The summed E-state index contributed by atoms with van der Waals surface area (Å²) in [5.41, 5.74) is 4.08. The highest BCUT2D eigenvalue weighted by molar-refractivity contribution is 5.87. The molecule has 0 fully saturated rings. The van der Waals surface area contributed by atoms with Crippen LogP contribution in [0.4, 0.5) is 0 Å². The van der Waals surface area contributed by atoms with Crippen molar-refractivity contribution in [3.8, 4) is 5.75 Å². The highest BCUT2D eigenvalue weighted by Gasteiger charge is 2.14. The third-order valence-corrected chi connectivity index (χ3v) is 6.35. The van der Waals surface area contributed by atoms with Crippen LogP contribution in [0.1, 0.15) is 71.8 Å². The van der Waals surface area contributed by atoms with Crippen LogP contribution in [-0.4, -0.2) is 22.7 Å². The number of aromatic amines is 1. The van der Waals surface area contributed by atoms with Crippen molar-refractivity contribution in [2.45, 2.75) is 72.3 Å². The van der Waals surface area contributed by atoms with E-state index in [1.807, 2.05) is 6.07 Å². The summed E-state index contributed by atoms with van der Waals surface area (Å²) < 4.78 is 0. The molecule has 174 valence electrons. The summed E-state index contributed by atoms with van der Waals surface area (Å²) in [4.78, 5) is 14.4. The predicted molar refractivity (Wildman–Crippen MR) is 137 cm³/mol. The first-order valence-electron chi connectivity index (χ1n) is 11.9. The molecule has 0 amide bonds. The Morgan fingerprint density at radius 2 is 1.94 bits per heavy atom. The van der Waals surface area contributed by atoms with Crippen LogP contribution in [0, 0.1) is 5.92 Å². The highest BCUT2D eigenvalue weighted by Crippen LogP contribution is 2.29. The lowest BCUT2D eigenvalue weighted by molar-refractivity contribution is 0.472. The molecule has 3 atom stereocenters. The van der Waals surface area contributed by atoms with Gasteiger partial charge in [-0.25, -0.2) is 0 Å². The Kier molecular flexibility index (Phi) is 9.98. The van der Waals surface area contributed by atoms with Crippen molar-refractivity contribution in [1.29, 1.82) is 0 Å². The molecule has 0 bridgehead atoms. The van der Waals surface area contributed by atoms with Gasteiger partial charge in [-0.2, -0.15) is 0 Å². The Balaban J connectivity index is 2.01. The second-order valence-corrected chi connectivity index (χ2v) is 8.83. The first kappa shape index (κ1) is 25.7. The van der Waals surface area contributed by atoms with Gasteiger partial charge in [0.25, 0.3) is 0 Å². The highest BCUT2D eigenvalue weighted by atomic mass is 16.3. The Labute approximate surface area is 193 Å². The van der Waals surface area contributed by atoms with Crippen molar-refractivity contribution in [2.75, 3.05) is 6.54 Å². The Morgan fingerprint density at radius 1 is 1.19 bits per heavy atom. The second-order valence-electron chi connectivity index (χ2n) is 8.83. The SMILES string of the molecule is C=C(CC)C(C=C/C=C(\C)CC(CC)NC[C@H](C)c1ccc(O)c2[nH]c(=O)ccc12)CC. The Hall–Kier alpha value is -2.59. The average molecular weight is 437 g/mol. The number of allylic oxidation sites excluding steroid dienone is 4. The van der Waals surface area contributed by atoms with E-state index in [0.717, 1.165) is 43.2 Å². The van der Waals surface area contributed by atoms with Crippen LogP contribution in [0.3, 0.4) is 0 Å². The maximum Gasteiger partial charge on any atom is 0.248 e. The zero-order valence-electron chi connectivity index (χ0n) is 20.4. The van der Waals surface area contributed by atoms with Crippen LogP contribution in [0.5, 0.6) is 5.75 Å². The van der Waals surface area contributed by atoms with Crippen molar-refractivity contribution >= 4 is 10.9 Å². The number of H-pyrrole nitrogens is 1. The molecule has 0 aliphatic heterocycles. The number of pyridine rings is 1. The minimum atomic E-state index is -0.206. The molecule has 0 spiro atoms. The molecular formula is C28H40N2O2. The van der Waals surface area contributed by atoms with Gasteiger partial charge in [0.15, 0.2) is 0 Å². The molecule has 0 aliphatic carbocycles. The lowest BCUT2D eigenvalue weighted by Crippen LogP contribution is -2.32. The fourth-order valence-corrected chi connectivity index (χ4v) is 4.14. The normalized spacial score (nSPS) is 15.2. The molecule has 0 aliphatic rings. The minimum Gasteiger partial charge on any atom is -0.506 e. The van der Waals surface area contributed by atoms with Gasteiger partial charge in [0, 0.05) is 24.0 Å². The molecule has 0 radical (unpaired) electrons. The molecule has 1 aromatic carbocycles. The topological polar surface area (TPSA) is 65.1 Å². The molecule has 2 rings (SSSR count). The largest absolute Gasteiger partial charge is 0.506 e. The summed E-state index contributed by atoms with van der Waals surface area (Å²) in [6.07, 6.45) is 10.8. The molecular weight excluding hydrogens is 396 g/mol. The number of aromatic nitrogens is 1. The fourth-order valence-electron chi connectivity index (χ4n) is 4.14. The van der Waals surface area contributed by atoms with E-state index >= 15 is 0 Å². The molecule has 3 N–H and O–H groups in total. The van der Waals surface area contributed by atoms with E-state index < -0.39 is 0 Å². The number of hydrogen-bond acceptors (Lipinski definition) is 3. The van der Waals surface area contributed by atoms with Gasteiger partial charge >= 0.3 is 0 Å². The number of aromatic hydroxyl groups is 1. The molecule has 2 aromatic rings. The summed E-state index contributed by atoms with van der Waals surface area (Å²) >= 11 is 0. The van der Waals surface area contributed by atoms with Crippen molar-refractivity contribution in [1.82, 2.24) is 10.3 Å². The van der Waals surface area contributed by atoms with Gasteiger partial charge in [-0.15, -0.1) is 0 Å². The third kappa shape index (κ3) is 6.96. The smallest absolute Gasteiger partial charge is 0.248 e. The lowest BCUT2D eigenvalue weighted by atomic mass is 9.94. The summed E-state index contributed by atoms with van der Waals surface area (Å²) in [6, 6.07) is 7.33. The van der Waals surface area contributed by atoms with Crippen LogP contribution in [0.15, 0.2) is 65.0 Å². The van der Waals surface area contributed by atoms with Crippen LogP contribution < -0.4 is 10.9 Å². The molecule has 32 heavy (non-hydrogen) atoms. The van der Waals surface area contributed by atoms with Crippen LogP contribution in [-0.2, 0) is 0 Å². The number of hydrogen-bond donors (Lipinski definition) is 3. The van der Waals surface area contributed by atoms with E-state index in [9.17, 15) is 9.90 Å². The maximum atomic E-state index is 11.7. The number of fused-ring (bicyclic) bond motifs is 1. The zero-order chi connectivity index (χ0) is 23.7. The lowest BCUT2D eigenvalue weighted by Gasteiger charge is -2.21. The predicted octanol–water partition coefficient (Wildman–Crippen LogP) is 6.59. The standard InChI is InChI=1S/C28H40N2O2/c1-7-20(5)22(8-2)12-10-11-19(4)17-23(9-3)29-18-21(6)24-13-15-26(31)28-25(24)14-16-27(32)30-28/h10-16,21-23,29,31H,5,7-9,17-18H2,1-4,6H3,(H,30,32)/b12-10?,19-11+/t21-,22?,23?/m0/s1. The van der Waals surface area contributed by atoms with E-state index in [1.54, 1.807) is 12.1 Å². The van der Waals surface area contributed by atoms with E-state index in [2.05, 4.69) is 69.7 Å². The van der Waals surface area contributed by atoms with E-state index in [-0.39, 0.29) is 17.2 Å². The monoisotopic (exact) mass is 436 g/mol. The van der Waals surface area contributed by atoms with Gasteiger partial charge in [0.05, 0.1) is 5.52 Å². The molecule has 1 heterocycles. The van der Waals surface area contributed by atoms with Crippen molar-refractivity contribution in [3.05, 3.63) is 76.1 Å². The van der Waals surface area contributed by atoms with Crippen molar-refractivity contribution in [2.24, 2.45) is 5.92 Å².